The molecule has 82 valence electrons. The van der Waals surface area contributed by atoms with Crippen LogP contribution in [0.3, 0.4) is 0 Å². The normalized spacial score (nSPS) is 13.3. The van der Waals surface area contributed by atoms with E-state index >= 15 is 0 Å². The third kappa shape index (κ3) is 9.35. The first kappa shape index (κ1) is 13.3. The van der Waals surface area contributed by atoms with Gasteiger partial charge in [0.25, 0.3) is 0 Å². The van der Waals surface area contributed by atoms with E-state index in [1.54, 1.807) is 13.3 Å². The second-order valence-corrected chi connectivity index (χ2v) is 3.10. The fourth-order valence-corrected chi connectivity index (χ4v) is 0.886. The van der Waals surface area contributed by atoms with E-state index in [0.29, 0.717) is 32.3 Å². The number of aliphatic imine (C=N–C) groups is 2. The molecular formula is C10H20N2O2. The van der Waals surface area contributed by atoms with Crippen LogP contribution in [0.15, 0.2) is 9.98 Å². The molecular weight excluding hydrogens is 180 g/mol. The third-order valence-corrected chi connectivity index (χ3v) is 1.59. The van der Waals surface area contributed by atoms with Crippen LogP contribution in [0.4, 0.5) is 0 Å². The van der Waals surface area contributed by atoms with Crippen LogP contribution in [-0.2, 0) is 9.47 Å². The molecule has 1 atom stereocenters. The molecule has 0 amide bonds. The lowest BCUT2D eigenvalue weighted by Crippen LogP contribution is -2.12. The summed E-state index contributed by atoms with van der Waals surface area (Å²) in [6, 6.07) is 0. The molecule has 0 aromatic carbocycles. The van der Waals surface area contributed by atoms with Gasteiger partial charge in [0.1, 0.15) is 0 Å². The minimum absolute atomic E-state index is 0.435. The second-order valence-electron chi connectivity index (χ2n) is 3.10. The van der Waals surface area contributed by atoms with E-state index in [1.807, 2.05) is 0 Å². The zero-order valence-electron chi connectivity index (χ0n) is 9.11. The molecule has 0 aromatic rings. The molecule has 0 heterocycles. The van der Waals surface area contributed by atoms with Gasteiger partial charge in [-0.2, -0.15) is 0 Å². The van der Waals surface area contributed by atoms with Crippen LogP contribution in [0.1, 0.15) is 6.92 Å². The minimum Gasteiger partial charge on any atom is -0.379 e. The Morgan fingerprint density at radius 1 is 1.36 bits per heavy atom. The van der Waals surface area contributed by atoms with E-state index in [-0.39, 0.29) is 0 Å². The summed E-state index contributed by atoms with van der Waals surface area (Å²) in [4.78, 5) is 7.59. The van der Waals surface area contributed by atoms with Crippen molar-refractivity contribution in [3.63, 3.8) is 0 Å². The molecule has 0 bridgehead atoms. The van der Waals surface area contributed by atoms with Crippen LogP contribution in [0.5, 0.6) is 0 Å². The van der Waals surface area contributed by atoms with Crippen molar-refractivity contribution in [3.05, 3.63) is 0 Å². The van der Waals surface area contributed by atoms with Gasteiger partial charge in [0.2, 0.25) is 0 Å². The Morgan fingerprint density at radius 3 is 2.71 bits per heavy atom. The summed E-state index contributed by atoms with van der Waals surface area (Å²) in [6.45, 7) is 8.78. The standard InChI is InChI=1S/C10H20N2O2/c1-10(8-12-3)9-14-7-6-13-5-4-11-2/h4,10H,3,5-9H2,1-2H3/b11-4-. The van der Waals surface area contributed by atoms with E-state index < -0.39 is 0 Å². The Morgan fingerprint density at radius 2 is 2.07 bits per heavy atom. The van der Waals surface area contributed by atoms with Crippen molar-refractivity contribution in [2.24, 2.45) is 15.9 Å². The first-order chi connectivity index (χ1) is 6.81. The highest BCUT2D eigenvalue weighted by Gasteiger charge is 1.99. The van der Waals surface area contributed by atoms with Crippen LogP contribution in [-0.4, -0.2) is 53.0 Å². The van der Waals surface area contributed by atoms with Gasteiger partial charge in [0.15, 0.2) is 0 Å². The molecule has 0 radical (unpaired) electrons. The van der Waals surface area contributed by atoms with E-state index in [0.717, 1.165) is 6.54 Å². The predicted octanol–water partition coefficient (Wildman–Crippen LogP) is 1.06. The average Bonchev–Trinajstić information content (AvgIpc) is 2.17. The predicted molar refractivity (Wildman–Crippen MR) is 59.6 cm³/mol. The molecule has 0 aliphatic heterocycles. The molecule has 4 heteroatoms. The topological polar surface area (TPSA) is 43.2 Å². The highest BCUT2D eigenvalue weighted by molar-refractivity contribution is 5.58. The molecule has 0 saturated heterocycles. The molecule has 1 unspecified atom stereocenters. The van der Waals surface area contributed by atoms with Crippen molar-refractivity contribution in [1.29, 1.82) is 0 Å². The molecule has 0 saturated carbocycles. The summed E-state index contributed by atoms with van der Waals surface area (Å²) in [5.74, 6) is 0.435. The van der Waals surface area contributed by atoms with Crippen LogP contribution in [0, 0.1) is 5.92 Å². The number of hydrogen-bond acceptors (Lipinski definition) is 4. The lowest BCUT2D eigenvalue weighted by molar-refractivity contribution is 0.0492. The number of rotatable bonds is 9. The molecule has 14 heavy (non-hydrogen) atoms. The quantitative estimate of drug-likeness (QED) is 0.412. The van der Waals surface area contributed by atoms with Crippen molar-refractivity contribution < 1.29 is 9.47 Å². The molecule has 0 rings (SSSR count). The molecule has 0 aromatic heterocycles. The summed E-state index contributed by atoms with van der Waals surface area (Å²) >= 11 is 0. The van der Waals surface area contributed by atoms with Crippen LogP contribution < -0.4 is 0 Å². The van der Waals surface area contributed by atoms with Crippen molar-refractivity contribution in [2.75, 3.05) is 40.0 Å². The van der Waals surface area contributed by atoms with Gasteiger partial charge >= 0.3 is 0 Å². The van der Waals surface area contributed by atoms with Gasteiger partial charge in [-0.1, -0.05) is 6.92 Å². The summed E-state index contributed by atoms with van der Waals surface area (Å²) < 4.78 is 10.6. The maximum atomic E-state index is 5.37. The Labute approximate surface area is 86.0 Å². The Balaban J connectivity index is 3.08. The van der Waals surface area contributed by atoms with Crippen LogP contribution in [0.2, 0.25) is 0 Å². The second kappa shape index (κ2) is 10.3. The first-order valence-electron chi connectivity index (χ1n) is 4.79. The average molecular weight is 200 g/mol. The molecule has 0 fully saturated rings. The minimum atomic E-state index is 0.435. The lowest BCUT2D eigenvalue weighted by Gasteiger charge is -2.08. The largest absolute Gasteiger partial charge is 0.379 e. The molecule has 4 nitrogen and oxygen atoms in total. The van der Waals surface area contributed by atoms with Crippen molar-refractivity contribution in [2.45, 2.75) is 6.92 Å². The summed E-state index contributed by atoms with van der Waals surface area (Å²) in [7, 11) is 1.73. The van der Waals surface area contributed by atoms with Crippen molar-refractivity contribution in [3.8, 4) is 0 Å². The Bertz CT molecular complexity index is 160. The van der Waals surface area contributed by atoms with Gasteiger partial charge in [-0.15, -0.1) is 0 Å². The van der Waals surface area contributed by atoms with Crippen molar-refractivity contribution in [1.82, 2.24) is 0 Å². The van der Waals surface area contributed by atoms with Gasteiger partial charge in [-0.25, -0.2) is 0 Å². The van der Waals surface area contributed by atoms with Gasteiger partial charge in [-0.3, -0.25) is 4.99 Å². The van der Waals surface area contributed by atoms with E-state index in [2.05, 4.69) is 23.6 Å². The Kier molecular flexibility index (Phi) is 9.79. The van der Waals surface area contributed by atoms with Crippen LogP contribution in [0.25, 0.3) is 0 Å². The third-order valence-electron chi connectivity index (χ3n) is 1.59. The van der Waals surface area contributed by atoms with Gasteiger partial charge in [-0.05, 0) is 12.6 Å². The number of nitrogens with zero attached hydrogens (tertiary/aromatic N) is 2. The molecule has 0 aliphatic rings. The zero-order valence-corrected chi connectivity index (χ0v) is 9.11. The number of hydrogen-bond donors (Lipinski definition) is 0. The van der Waals surface area contributed by atoms with Crippen LogP contribution >= 0.6 is 0 Å². The molecule has 0 spiro atoms. The molecule has 0 aliphatic carbocycles. The molecule has 0 N–H and O–H groups in total. The first-order valence-corrected chi connectivity index (χ1v) is 4.79. The monoisotopic (exact) mass is 200 g/mol. The smallest absolute Gasteiger partial charge is 0.0815 e. The maximum absolute atomic E-state index is 5.37. The van der Waals surface area contributed by atoms with Gasteiger partial charge in [0, 0.05) is 19.8 Å². The Hall–Kier alpha value is -0.740. The summed E-state index contributed by atoms with van der Waals surface area (Å²) in [5.41, 5.74) is 0. The number of ether oxygens (including phenoxy) is 2. The van der Waals surface area contributed by atoms with E-state index in [1.165, 1.54) is 0 Å². The van der Waals surface area contributed by atoms with Gasteiger partial charge < -0.3 is 14.5 Å². The SMILES string of the molecule is C=NCC(C)COCCOC/C=N\C. The lowest BCUT2D eigenvalue weighted by atomic mass is 10.2. The van der Waals surface area contributed by atoms with E-state index in [9.17, 15) is 0 Å². The summed E-state index contributed by atoms with van der Waals surface area (Å²) in [6.07, 6.45) is 1.73. The maximum Gasteiger partial charge on any atom is 0.0815 e. The zero-order chi connectivity index (χ0) is 10.6. The summed E-state index contributed by atoms with van der Waals surface area (Å²) in [5, 5.41) is 0. The van der Waals surface area contributed by atoms with Gasteiger partial charge in [0.05, 0.1) is 26.4 Å². The fraction of sp³-hybridized carbons (Fsp3) is 0.800. The highest BCUT2D eigenvalue weighted by Crippen LogP contribution is 1.95. The fourth-order valence-electron chi connectivity index (χ4n) is 0.886. The highest BCUT2D eigenvalue weighted by atomic mass is 16.5. The van der Waals surface area contributed by atoms with E-state index in [4.69, 9.17) is 9.47 Å². The van der Waals surface area contributed by atoms with Crippen molar-refractivity contribution >= 4 is 12.9 Å².